The minimum absolute atomic E-state index is 0.142. The van der Waals surface area contributed by atoms with Crippen LogP contribution in [0.25, 0.3) is 0 Å². The van der Waals surface area contributed by atoms with Crippen molar-refractivity contribution in [1.29, 1.82) is 0 Å². The molecule has 2 saturated heterocycles. The van der Waals surface area contributed by atoms with E-state index in [9.17, 15) is 14.4 Å². The third-order valence-corrected chi connectivity index (χ3v) is 4.61. The van der Waals surface area contributed by atoms with Crippen molar-refractivity contribution in [3.05, 3.63) is 28.8 Å². The number of urea groups is 1. The lowest BCUT2D eigenvalue weighted by atomic mass is 9.89. The van der Waals surface area contributed by atoms with E-state index in [4.69, 9.17) is 11.6 Å². The number of nitrogens with zero attached hydrogens (tertiary/aromatic N) is 1. The van der Waals surface area contributed by atoms with Crippen LogP contribution in [0.5, 0.6) is 0 Å². The third kappa shape index (κ3) is 2.72. The monoisotopic (exact) mass is 336 g/mol. The summed E-state index contributed by atoms with van der Waals surface area (Å²) in [6.07, 6.45) is 1.14. The van der Waals surface area contributed by atoms with Crippen molar-refractivity contribution in [1.82, 2.24) is 15.5 Å². The molecule has 3 rings (SSSR count). The molecule has 0 saturated carbocycles. The highest BCUT2D eigenvalue weighted by atomic mass is 35.5. The van der Waals surface area contributed by atoms with E-state index in [1.54, 1.807) is 30.1 Å². The molecule has 1 spiro atoms. The summed E-state index contributed by atoms with van der Waals surface area (Å²) in [6.45, 7) is 0.660. The van der Waals surface area contributed by atoms with E-state index in [2.05, 4.69) is 16.0 Å². The highest BCUT2D eigenvalue weighted by molar-refractivity contribution is 6.34. The third-order valence-electron chi connectivity index (χ3n) is 4.28. The van der Waals surface area contributed by atoms with Crippen molar-refractivity contribution >= 4 is 35.1 Å². The topological polar surface area (TPSA) is 90.5 Å². The summed E-state index contributed by atoms with van der Waals surface area (Å²) in [7, 11) is 1.76. The van der Waals surface area contributed by atoms with Gasteiger partial charge in [0, 0.05) is 19.3 Å². The van der Waals surface area contributed by atoms with Gasteiger partial charge in [0.2, 0.25) is 0 Å². The Hall–Kier alpha value is -2.28. The van der Waals surface area contributed by atoms with Gasteiger partial charge in [0.1, 0.15) is 5.54 Å². The molecule has 0 aliphatic carbocycles. The first-order valence-electron chi connectivity index (χ1n) is 7.35. The Bertz CT molecular complexity index is 693. The number of nitrogens with one attached hydrogen (secondary N) is 3. The Morgan fingerprint density at radius 1 is 1.39 bits per heavy atom. The van der Waals surface area contributed by atoms with E-state index in [1.807, 2.05) is 0 Å². The molecule has 7 nitrogen and oxygen atoms in total. The Morgan fingerprint density at radius 2 is 2.17 bits per heavy atom. The minimum atomic E-state index is -1.03. The number of carbonyl (C=O) groups is 3. The second-order valence-corrected chi connectivity index (χ2v) is 6.17. The summed E-state index contributed by atoms with van der Waals surface area (Å²) in [5.74, 6) is -0.629. The van der Waals surface area contributed by atoms with Crippen LogP contribution < -0.4 is 16.0 Å². The van der Waals surface area contributed by atoms with Crippen molar-refractivity contribution < 1.29 is 14.4 Å². The summed E-state index contributed by atoms with van der Waals surface area (Å²) in [4.78, 5) is 37.9. The van der Waals surface area contributed by atoms with Crippen LogP contribution in [0.15, 0.2) is 18.2 Å². The van der Waals surface area contributed by atoms with Crippen LogP contribution in [-0.4, -0.2) is 48.4 Å². The molecule has 23 heavy (non-hydrogen) atoms. The van der Waals surface area contributed by atoms with Crippen LogP contribution in [0.1, 0.15) is 23.2 Å². The molecular formula is C15H17ClN4O3. The SMILES string of the molecule is CNc1ccc(Cl)c(C(=O)N2CCCC3(C2)NC(=O)NC3=O)c1. The summed E-state index contributed by atoms with van der Waals surface area (Å²) < 4.78 is 0. The second-order valence-electron chi connectivity index (χ2n) is 5.77. The number of anilines is 1. The lowest BCUT2D eigenvalue weighted by Crippen LogP contribution is -2.59. The van der Waals surface area contributed by atoms with E-state index in [0.29, 0.717) is 30.0 Å². The fourth-order valence-corrected chi connectivity index (χ4v) is 3.26. The van der Waals surface area contributed by atoms with Gasteiger partial charge in [-0.3, -0.25) is 14.9 Å². The number of likely N-dealkylation sites (tertiary alicyclic amines) is 1. The number of piperidine rings is 1. The van der Waals surface area contributed by atoms with Crippen LogP contribution in [-0.2, 0) is 4.79 Å². The Labute approximate surface area is 138 Å². The maximum absolute atomic E-state index is 12.8. The van der Waals surface area contributed by atoms with E-state index in [0.717, 1.165) is 5.69 Å². The van der Waals surface area contributed by atoms with Gasteiger partial charge in [-0.05, 0) is 31.0 Å². The van der Waals surface area contributed by atoms with Gasteiger partial charge in [-0.25, -0.2) is 4.79 Å². The Morgan fingerprint density at radius 3 is 2.83 bits per heavy atom. The van der Waals surface area contributed by atoms with Crippen molar-refractivity contribution in [2.24, 2.45) is 0 Å². The van der Waals surface area contributed by atoms with Gasteiger partial charge < -0.3 is 15.5 Å². The standard InChI is InChI=1S/C15H17ClN4O3/c1-17-9-3-4-11(16)10(7-9)12(21)20-6-2-5-15(8-20)13(22)18-14(23)19-15/h3-4,7,17H,2,5-6,8H2,1H3,(H2,18,19,22,23). The fraction of sp³-hybridized carbons (Fsp3) is 0.400. The molecule has 0 bridgehead atoms. The number of amides is 4. The number of carbonyl (C=O) groups excluding carboxylic acids is 3. The first-order valence-corrected chi connectivity index (χ1v) is 7.73. The second kappa shape index (κ2) is 5.73. The predicted octanol–water partition coefficient (Wildman–Crippen LogP) is 1.20. The van der Waals surface area contributed by atoms with Crippen molar-refractivity contribution in [3.8, 4) is 0 Å². The molecule has 4 amide bonds. The number of hydrogen-bond donors (Lipinski definition) is 3. The largest absolute Gasteiger partial charge is 0.388 e. The quantitative estimate of drug-likeness (QED) is 0.708. The molecule has 0 radical (unpaired) electrons. The van der Waals surface area contributed by atoms with E-state index < -0.39 is 11.6 Å². The van der Waals surface area contributed by atoms with Gasteiger partial charge >= 0.3 is 6.03 Å². The fourth-order valence-electron chi connectivity index (χ4n) is 3.06. The van der Waals surface area contributed by atoms with Crippen LogP contribution in [0, 0.1) is 0 Å². The Kier molecular flexibility index (Phi) is 3.89. The smallest absolute Gasteiger partial charge is 0.322 e. The van der Waals surface area contributed by atoms with E-state index >= 15 is 0 Å². The first kappa shape index (κ1) is 15.6. The van der Waals surface area contributed by atoms with Crippen LogP contribution in [0.2, 0.25) is 5.02 Å². The van der Waals surface area contributed by atoms with Crippen molar-refractivity contribution in [2.75, 3.05) is 25.5 Å². The lowest BCUT2D eigenvalue weighted by molar-refractivity contribution is -0.125. The molecule has 2 aliphatic heterocycles. The lowest BCUT2D eigenvalue weighted by Gasteiger charge is -2.38. The van der Waals surface area contributed by atoms with Gasteiger partial charge in [-0.15, -0.1) is 0 Å². The number of hydrogen-bond acceptors (Lipinski definition) is 4. The molecule has 2 heterocycles. The predicted molar refractivity (Wildman–Crippen MR) is 85.5 cm³/mol. The molecule has 8 heteroatoms. The van der Waals surface area contributed by atoms with Crippen LogP contribution in [0.4, 0.5) is 10.5 Å². The summed E-state index contributed by atoms with van der Waals surface area (Å²) >= 11 is 6.15. The number of halogens is 1. The summed E-state index contributed by atoms with van der Waals surface area (Å²) in [5.41, 5.74) is 0.120. The van der Waals surface area contributed by atoms with E-state index in [1.165, 1.54) is 0 Å². The number of imide groups is 1. The number of rotatable bonds is 2. The molecule has 1 aromatic carbocycles. The normalized spacial score (nSPS) is 23.7. The molecule has 1 aromatic rings. The summed E-state index contributed by atoms with van der Waals surface area (Å²) in [5, 5.41) is 8.22. The molecular weight excluding hydrogens is 320 g/mol. The van der Waals surface area contributed by atoms with Gasteiger partial charge in [0.05, 0.1) is 17.1 Å². The molecule has 2 aliphatic rings. The first-order chi connectivity index (χ1) is 10.9. The van der Waals surface area contributed by atoms with Crippen molar-refractivity contribution in [2.45, 2.75) is 18.4 Å². The number of benzene rings is 1. The maximum atomic E-state index is 12.8. The average Bonchev–Trinajstić information content (AvgIpc) is 2.80. The van der Waals surface area contributed by atoms with Crippen LogP contribution >= 0.6 is 11.6 Å². The Balaban J connectivity index is 1.86. The zero-order valence-corrected chi connectivity index (χ0v) is 13.4. The van der Waals surface area contributed by atoms with Gasteiger partial charge in [-0.2, -0.15) is 0 Å². The molecule has 0 aromatic heterocycles. The van der Waals surface area contributed by atoms with Gasteiger partial charge in [-0.1, -0.05) is 11.6 Å². The molecule has 1 atom stereocenters. The van der Waals surface area contributed by atoms with E-state index in [-0.39, 0.29) is 18.4 Å². The van der Waals surface area contributed by atoms with Gasteiger partial charge in [0.15, 0.2) is 0 Å². The minimum Gasteiger partial charge on any atom is -0.388 e. The van der Waals surface area contributed by atoms with Crippen molar-refractivity contribution in [3.63, 3.8) is 0 Å². The summed E-state index contributed by atoms with van der Waals surface area (Å²) in [6, 6.07) is 4.60. The zero-order chi connectivity index (χ0) is 16.6. The zero-order valence-electron chi connectivity index (χ0n) is 12.6. The molecule has 2 fully saturated rings. The average molecular weight is 337 g/mol. The molecule has 122 valence electrons. The maximum Gasteiger partial charge on any atom is 0.322 e. The molecule has 1 unspecified atom stereocenters. The highest BCUT2D eigenvalue weighted by Crippen LogP contribution is 2.28. The van der Waals surface area contributed by atoms with Crippen LogP contribution in [0.3, 0.4) is 0 Å². The van der Waals surface area contributed by atoms with Gasteiger partial charge in [0.25, 0.3) is 11.8 Å². The molecule has 3 N–H and O–H groups in total. The highest BCUT2D eigenvalue weighted by Gasteiger charge is 2.49.